The van der Waals surface area contributed by atoms with E-state index in [2.05, 4.69) is 36.7 Å². The molecule has 0 unspecified atom stereocenters. The molecule has 0 bridgehead atoms. The number of rotatable bonds is 5. The van der Waals surface area contributed by atoms with Gasteiger partial charge in [-0.1, -0.05) is 19.9 Å². The summed E-state index contributed by atoms with van der Waals surface area (Å²) in [6.07, 6.45) is 6.95. The maximum Gasteiger partial charge on any atom is 0.0573 e. The van der Waals surface area contributed by atoms with Crippen LogP contribution in [0, 0.1) is 12.8 Å². The lowest BCUT2D eigenvalue weighted by atomic mass is 9.76. The summed E-state index contributed by atoms with van der Waals surface area (Å²) in [4.78, 5) is 7.12. The summed E-state index contributed by atoms with van der Waals surface area (Å²) < 4.78 is 0. The molecule has 0 aromatic carbocycles. The van der Waals surface area contributed by atoms with Gasteiger partial charge in [0.1, 0.15) is 0 Å². The molecular weight excluding hydrogens is 246 g/mol. The van der Waals surface area contributed by atoms with E-state index in [0.29, 0.717) is 0 Å². The van der Waals surface area contributed by atoms with E-state index in [1.807, 2.05) is 12.3 Å². The fourth-order valence-corrected chi connectivity index (χ4v) is 3.43. The maximum absolute atomic E-state index is 6.19. The Bertz CT molecular complexity index is 422. The van der Waals surface area contributed by atoms with Crippen molar-refractivity contribution in [3.8, 4) is 0 Å². The summed E-state index contributed by atoms with van der Waals surface area (Å²) in [5, 5.41) is 0. The highest BCUT2D eigenvalue weighted by Gasteiger charge is 2.37. The highest BCUT2D eigenvalue weighted by Crippen LogP contribution is 2.36. The van der Waals surface area contributed by atoms with Crippen LogP contribution in [0.15, 0.2) is 18.3 Å². The Hall–Kier alpha value is -0.930. The molecular formula is C17H29N3. The molecule has 1 aliphatic rings. The molecule has 1 heterocycles. The summed E-state index contributed by atoms with van der Waals surface area (Å²) in [6.45, 7) is 9.48. The van der Waals surface area contributed by atoms with Crippen molar-refractivity contribution in [3.63, 3.8) is 0 Å². The lowest BCUT2D eigenvalue weighted by molar-refractivity contribution is 0.0412. The van der Waals surface area contributed by atoms with E-state index < -0.39 is 0 Å². The van der Waals surface area contributed by atoms with Crippen LogP contribution >= 0.6 is 0 Å². The molecule has 20 heavy (non-hydrogen) atoms. The standard InChI is InChI=1S/C17H29N3/c1-4-20(12-16-15(3)6-5-11-19-16)17(13-18)9-7-14(2)8-10-17/h5-6,11,14H,4,7-10,12-13,18H2,1-3H3. The number of aryl methyl sites for hydroxylation is 1. The minimum absolute atomic E-state index is 0.186. The van der Waals surface area contributed by atoms with Crippen LogP contribution in [0.2, 0.25) is 0 Å². The number of hydrogen-bond acceptors (Lipinski definition) is 3. The quantitative estimate of drug-likeness (QED) is 0.897. The third-order valence-corrected chi connectivity index (χ3v) is 5.10. The number of pyridine rings is 1. The van der Waals surface area contributed by atoms with E-state index in [0.717, 1.165) is 25.6 Å². The van der Waals surface area contributed by atoms with E-state index in [4.69, 9.17) is 5.73 Å². The van der Waals surface area contributed by atoms with Crippen molar-refractivity contribution in [1.29, 1.82) is 0 Å². The highest BCUT2D eigenvalue weighted by atomic mass is 15.2. The van der Waals surface area contributed by atoms with Crippen molar-refractivity contribution in [1.82, 2.24) is 9.88 Å². The average molecular weight is 275 g/mol. The highest BCUT2D eigenvalue weighted by molar-refractivity contribution is 5.18. The van der Waals surface area contributed by atoms with Gasteiger partial charge in [0.2, 0.25) is 0 Å². The van der Waals surface area contributed by atoms with Crippen LogP contribution in [0.4, 0.5) is 0 Å². The molecule has 2 rings (SSSR count). The molecule has 1 aliphatic carbocycles. The van der Waals surface area contributed by atoms with Crippen LogP contribution < -0.4 is 5.73 Å². The van der Waals surface area contributed by atoms with Gasteiger partial charge in [0.05, 0.1) is 5.69 Å². The number of nitrogens with zero attached hydrogens (tertiary/aromatic N) is 2. The third kappa shape index (κ3) is 3.21. The second-order valence-electron chi connectivity index (χ2n) is 6.39. The summed E-state index contributed by atoms with van der Waals surface area (Å²) in [5.74, 6) is 0.852. The molecule has 1 fully saturated rings. The van der Waals surface area contributed by atoms with Gasteiger partial charge in [-0.2, -0.15) is 0 Å². The molecule has 0 saturated heterocycles. The van der Waals surface area contributed by atoms with Crippen molar-refractivity contribution in [2.24, 2.45) is 11.7 Å². The zero-order valence-corrected chi connectivity index (χ0v) is 13.2. The molecule has 3 heteroatoms. The second kappa shape index (κ2) is 6.68. The van der Waals surface area contributed by atoms with E-state index in [9.17, 15) is 0 Å². The molecule has 112 valence electrons. The fourth-order valence-electron chi connectivity index (χ4n) is 3.43. The van der Waals surface area contributed by atoms with Gasteiger partial charge < -0.3 is 5.73 Å². The number of aromatic nitrogens is 1. The Morgan fingerprint density at radius 2 is 2.10 bits per heavy atom. The zero-order chi connectivity index (χ0) is 14.6. The van der Waals surface area contributed by atoms with Crippen LogP contribution in [0.25, 0.3) is 0 Å². The van der Waals surface area contributed by atoms with Crippen LogP contribution in [-0.4, -0.2) is 28.5 Å². The zero-order valence-electron chi connectivity index (χ0n) is 13.2. The lowest BCUT2D eigenvalue weighted by Gasteiger charge is -2.47. The normalized spacial score (nSPS) is 26.9. The van der Waals surface area contributed by atoms with Crippen LogP contribution in [0.1, 0.15) is 50.8 Å². The van der Waals surface area contributed by atoms with Crippen molar-refractivity contribution in [2.45, 2.75) is 58.5 Å². The van der Waals surface area contributed by atoms with Gasteiger partial charge in [0, 0.05) is 24.8 Å². The van der Waals surface area contributed by atoms with Crippen molar-refractivity contribution in [3.05, 3.63) is 29.6 Å². The predicted octanol–water partition coefficient (Wildman–Crippen LogP) is 3.12. The third-order valence-electron chi connectivity index (χ3n) is 5.10. The Morgan fingerprint density at radius 1 is 1.40 bits per heavy atom. The Morgan fingerprint density at radius 3 is 2.65 bits per heavy atom. The van der Waals surface area contributed by atoms with E-state index >= 15 is 0 Å². The molecule has 0 radical (unpaired) electrons. The monoisotopic (exact) mass is 275 g/mol. The van der Waals surface area contributed by atoms with Gasteiger partial charge in [-0.25, -0.2) is 0 Å². The van der Waals surface area contributed by atoms with E-state index in [1.165, 1.54) is 36.9 Å². The topological polar surface area (TPSA) is 42.2 Å². The molecule has 0 atom stereocenters. The predicted molar refractivity (Wildman–Crippen MR) is 84.5 cm³/mol. The number of nitrogens with two attached hydrogens (primary N) is 1. The van der Waals surface area contributed by atoms with E-state index in [1.54, 1.807) is 0 Å². The molecule has 1 aromatic heterocycles. The van der Waals surface area contributed by atoms with Crippen molar-refractivity contribution in [2.75, 3.05) is 13.1 Å². The van der Waals surface area contributed by atoms with Crippen LogP contribution in [0.5, 0.6) is 0 Å². The van der Waals surface area contributed by atoms with Gasteiger partial charge in [0.25, 0.3) is 0 Å². The molecule has 0 spiro atoms. The van der Waals surface area contributed by atoms with Crippen molar-refractivity contribution >= 4 is 0 Å². The van der Waals surface area contributed by atoms with Crippen molar-refractivity contribution < 1.29 is 0 Å². The minimum Gasteiger partial charge on any atom is -0.329 e. The first-order valence-corrected chi connectivity index (χ1v) is 7.97. The largest absolute Gasteiger partial charge is 0.329 e. The number of hydrogen-bond donors (Lipinski definition) is 1. The molecule has 0 amide bonds. The van der Waals surface area contributed by atoms with Crippen LogP contribution in [0.3, 0.4) is 0 Å². The van der Waals surface area contributed by atoms with Crippen LogP contribution in [-0.2, 0) is 6.54 Å². The summed E-state index contributed by atoms with van der Waals surface area (Å²) in [5.41, 5.74) is 8.85. The SMILES string of the molecule is CCN(Cc1ncccc1C)C1(CN)CCC(C)CC1. The smallest absolute Gasteiger partial charge is 0.0573 e. The van der Waals surface area contributed by atoms with Gasteiger partial charge in [-0.3, -0.25) is 9.88 Å². The van der Waals surface area contributed by atoms with Gasteiger partial charge in [0.15, 0.2) is 0 Å². The molecule has 1 saturated carbocycles. The van der Waals surface area contributed by atoms with Gasteiger partial charge in [-0.15, -0.1) is 0 Å². The van der Waals surface area contributed by atoms with E-state index in [-0.39, 0.29) is 5.54 Å². The average Bonchev–Trinajstić information content (AvgIpc) is 2.48. The molecule has 0 aliphatic heterocycles. The molecule has 1 aromatic rings. The lowest BCUT2D eigenvalue weighted by Crippen LogP contribution is -2.55. The first-order valence-electron chi connectivity index (χ1n) is 7.97. The first-order chi connectivity index (χ1) is 9.61. The second-order valence-corrected chi connectivity index (χ2v) is 6.39. The summed E-state index contributed by atoms with van der Waals surface area (Å²) >= 11 is 0. The summed E-state index contributed by atoms with van der Waals surface area (Å²) in [6, 6.07) is 4.16. The Kier molecular flexibility index (Phi) is 5.17. The van der Waals surface area contributed by atoms with Gasteiger partial charge in [-0.05, 0) is 56.7 Å². The first kappa shape index (κ1) is 15.5. The molecule has 3 nitrogen and oxygen atoms in total. The molecule has 2 N–H and O–H groups in total. The number of likely N-dealkylation sites (N-methyl/N-ethyl adjacent to an activating group) is 1. The Labute approximate surface area is 123 Å². The van der Waals surface area contributed by atoms with Gasteiger partial charge >= 0.3 is 0 Å². The maximum atomic E-state index is 6.19. The fraction of sp³-hybridized carbons (Fsp3) is 0.706. The Balaban J connectivity index is 2.16. The summed E-state index contributed by atoms with van der Waals surface area (Å²) in [7, 11) is 0. The minimum atomic E-state index is 0.186.